The first-order valence-electron chi connectivity index (χ1n) is 7.92. The van der Waals surface area contributed by atoms with Crippen LogP contribution in [0, 0.1) is 5.92 Å². The maximum Gasteiger partial charge on any atom is 0.255 e. The SMILES string of the molecule is CS(=O)(=O)c1ccc(OCC2CC2)cc1C(=O)N1CCNCC1. The number of benzene rings is 1. The number of hydrogen-bond acceptors (Lipinski definition) is 5. The number of carbonyl (C=O) groups excluding carboxylic acids is 1. The maximum atomic E-state index is 12.7. The molecule has 3 rings (SSSR count). The molecule has 23 heavy (non-hydrogen) atoms. The topological polar surface area (TPSA) is 75.7 Å². The highest BCUT2D eigenvalue weighted by Crippen LogP contribution is 2.30. The maximum absolute atomic E-state index is 12.7. The zero-order valence-electron chi connectivity index (χ0n) is 13.2. The molecule has 1 aromatic carbocycles. The number of hydrogen-bond donors (Lipinski definition) is 1. The zero-order chi connectivity index (χ0) is 16.4. The first-order chi connectivity index (χ1) is 10.9. The second-order valence-electron chi connectivity index (χ2n) is 6.23. The molecule has 1 aliphatic carbocycles. The van der Waals surface area contributed by atoms with Gasteiger partial charge in [0.25, 0.3) is 5.91 Å². The summed E-state index contributed by atoms with van der Waals surface area (Å²) >= 11 is 0. The summed E-state index contributed by atoms with van der Waals surface area (Å²) in [7, 11) is -3.47. The average molecular weight is 338 g/mol. The monoisotopic (exact) mass is 338 g/mol. The quantitative estimate of drug-likeness (QED) is 0.864. The van der Waals surface area contributed by atoms with E-state index < -0.39 is 9.84 Å². The molecule has 0 aromatic heterocycles. The van der Waals surface area contributed by atoms with Crippen LogP contribution in [0.3, 0.4) is 0 Å². The van der Waals surface area contributed by atoms with E-state index in [0.29, 0.717) is 31.4 Å². The van der Waals surface area contributed by atoms with Crippen molar-refractivity contribution >= 4 is 15.7 Å². The van der Waals surface area contributed by atoms with Gasteiger partial charge in [0.15, 0.2) is 9.84 Å². The van der Waals surface area contributed by atoms with E-state index in [4.69, 9.17) is 4.74 Å². The van der Waals surface area contributed by atoms with Gasteiger partial charge in [0.05, 0.1) is 17.1 Å². The molecule has 6 nitrogen and oxygen atoms in total. The lowest BCUT2D eigenvalue weighted by molar-refractivity contribution is 0.0731. The number of rotatable bonds is 5. The van der Waals surface area contributed by atoms with Crippen LogP contribution >= 0.6 is 0 Å². The van der Waals surface area contributed by atoms with Crippen molar-refractivity contribution in [2.45, 2.75) is 17.7 Å². The van der Waals surface area contributed by atoms with Crippen LogP contribution in [0.5, 0.6) is 5.75 Å². The first-order valence-corrected chi connectivity index (χ1v) is 9.81. The van der Waals surface area contributed by atoms with E-state index in [2.05, 4.69) is 5.32 Å². The minimum atomic E-state index is -3.47. The minimum Gasteiger partial charge on any atom is -0.493 e. The number of carbonyl (C=O) groups is 1. The Labute approximate surface area is 136 Å². The summed E-state index contributed by atoms with van der Waals surface area (Å²) in [5.41, 5.74) is 0.211. The molecule has 7 heteroatoms. The number of piperazine rings is 1. The molecule has 0 radical (unpaired) electrons. The van der Waals surface area contributed by atoms with E-state index in [-0.39, 0.29) is 16.4 Å². The Morgan fingerprint density at radius 1 is 1.30 bits per heavy atom. The van der Waals surface area contributed by atoms with Gasteiger partial charge in [0, 0.05) is 32.4 Å². The summed E-state index contributed by atoms with van der Waals surface area (Å²) in [6.07, 6.45) is 3.48. The molecule has 2 aliphatic rings. The summed E-state index contributed by atoms with van der Waals surface area (Å²) in [5, 5.41) is 3.18. The molecule has 1 saturated heterocycles. The molecule has 1 aliphatic heterocycles. The van der Waals surface area contributed by atoms with E-state index in [1.807, 2.05) is 0 Å². The normalized spacial score (nSPS) is 18.7. The van der Waals surface area contributed by atoms with Gasteiger partial charge in [0.1, 0.15) is 5.75 Å². The molecule has 1 saturated carbocycles. The van der Waals surface area contributed by atoms with Crippen molar-refractivity contribution < 1.29 is 17.9 Å². The third-order valence-corrected chi connectivity index (χ3v) is 5.32. The van der Waals surface area contributed by atoms with Gasteiger partial charge in [-0.1, -0.05) is 0 Å². The third kappa shape index (κ3) is 4.03. The van der Waals surface area contributed by atoms with Gasteiger partial charge in [0.2, 0.25) is 0 Å². The van der Waals surface area contributed by atoms with Crippen molar-refractivity contribution in [3.63, 3.8) is 0 Å². The van der Waals surface area contributed by atoms with Gasteiger partial charge in [-0.15, -0.1) is 0 Å². The minimum absolute atomic E-state index is 0.0693. The van der Waals surface area contributed by atoms with Crippen molar-refractivity contribution in [1.82, 2.24) is 10.2 Å². The van der Waals surface area contributed by atoms with Crippen molar-refractivity contribution in [2.24, 2.45) is 5.92 Å². The number of ether oxygens (including phenoxy) is 1. The number of nitrogens with zero attached hydrogens (tertiary/aromatic N) is 1. The largest absolute Gasteiger partial charge is 0.493 e. The van der Waals surface area contributed by atoms with Gasteiger partial charge in [-0.05, 0) is 37.0 Å². The van der Waals surface area contributed by atoms with E-state index in [1.165, 1.54) is 18.9 Å². The highest BCUT2D eigenvalue weighted by atomic mass is 32.2. The van der Waals surface area contributed by atoms with E-state index in [1.54, 1.807) is 17.0 Å². The predicted molar refractivity (Wildman–Crippen MR) is 86.5 cm³/mol. The molecule has 126 valence electrons. The Hall–Kier alpha value is -1.60. The molecule has 1 aromatic rings. The second-order valence-corrected chi connectivity index (χ2v) is 8.21. The fraction of sp³-hybridized carbons (Fsp3) is 0.562. The summed E-state index contributed by atoms with van der Waals surface area (Å²) in [6.45, 7) is 3.22. The van der Waals surface area contributed by atoms with Gasteiger partial charge in [-0.2, -0.15) is 0 Å². The Morgan fingerprint density at radius 2 is 2.00 bits per heavy atom. The van der Waals surface area contributed by atoms with Crippen molar-refractivity contribution in [3.8, 4) is 5.75 Å². The van der Waals surface area contributed by atoms with Crippen LogP contribution in [0.2, 0.25) is 0 Å². The Bertz CT molecular complexity index is 692. The molecule has 1 amide bonds. The fourth-order valence-corrected chi connectivity index (χ4v) is 3.49. The molecular weight excluding hydrogens is 316 g/mol. The Balaban J connectivity index is 1.88. The van der Waals surface area contributed by atoms with Crippen molar-refractivity contribution in [2.75, 3.05) is 39.0 Å². The Kier molecular flexibility index (Phi) is 4.59. The molecule has 2 fully saturated rings. The van der Waals surface area contributed by atoms with Crippen LogP contribution in [0.15, 0.2) is 23.1 Å². The molecular formula is C16H22N2O4S. The lowest BCUT2D eigenvalue weighted by Gasteiger charge is -2.28. The third-order valence-electron chi connectivity index (χ3n) is 4.17. The first kappa shape index (κ1) is 16.3. The van der Waals surface area contributed by atoms with Crippen LogP contribution in [0.4, 0.5) is 0 Å². The summed E-state index contributed by atoms with van der Waals surface area (Å²) < 4.78 is 29.7. The molecule has 0 atom stereocenters. The summed E-state index contributed by atoms with van der Waals surface area (Å²) in [5.74, 6) is 0.906. The highest BCUT2D eigenvalue weighted by Gasteiger charge is 2.26. The molecule has 1 heterocycles. The number of sulfone groups is 1. The van der Waals surface area contributed by atoms with Gasteiger partial charge < -0.3 is 15.0 Å². The Morgan fingerprint density at radius 3 is 2.61 bits per heavy atom. The van der Waals surface area contributed by atoms with Crippen LogP contribution in [-0.4, -0.2) is 58.3 Å². The van der Waals surface area contributed by atoms with Crippen molar-refractivity contribution in [1.29, 1.82) is 0 Å². The second kappa shape index (κ2) is 6.49. The van der Waals surface area contributed by atoms with Gasteiger partial charge >= 0.3 is 0 Å². The number of amides is 1. The molecule has 0 unspecified atom stereocenters. The smallest absolute Gasteiger partial charge is 0.255 e. The molecule has 1 N–H and O–H groups in total. The predicted octanol–water partition coefficient (Wildman–Crippen LogP) is 0.924. The lowest BCUT2D eigenvalue weighted by atomic mass is 10.1. The lowest BCUT2D eigenvalue weighted by Crippen LogP contribution is -2.46. The highest BCUT2D eigenvalue weighted by molar-refractivity contribution is 7.90. The van der Waals surface area contributed by atoms with Crippen LogP contribution in [0.25, 0.3) is 0 Å². The molecule has 0 spiro atoms. The standard InChI is InChI=1S/C16H22N2O4S/c1-23(20,21)15-5-4-13(22-11-12-2-3-12)10-14(15)16(19)18-8-6-17-7-9-18/h4-5,10,12,17H,2-3,6-9,11H2,1H3. The van der Waals surface area contributed by atoms with E-state index in [9.17, 15) is 13.2 Å². The zero-order valence-corrected chi connectivity index (χ0v) is 14.1. The average Bonchev–Trinajstić information content (AvgIpc) is 3.36. The molecule has 0 bridgehead atoms. The van der Waals surface area contributed by atoms with Gasteiger partial charge in [-0.3, -0.25) is 4.79 Å². The van der Waals surface area contributed by atoms with E-state index in [0.717, 1.165) is 19.3 Å². The van der Waals surface area contributed by atoms with Crippen LogP contribution < -0.4 is 10.1 Å². The van der Waals surface area contributed by atoms with Crippen molar-refractivity contribution in [3.05, 3.63) is 23.8 Å². The van der Waals surface area contributed by atoms with Crippen LogP contribution in [0.1, 0.15) is 23.2 Å². The van der Waals surface area contributed by atoms with Crippen LogP contribution in [-0.2, 0) is 9.84 Å². The van der Waals surface area contributed by atoms with E-state index >= 15 is 0 Å². The summed E-state index contributed by atoms with van der Waals surface area (Å²) in [6, 6.07) is 4.68. The fourth-order valence-electron chi connectivity index (χ4n) is 2.63. The van der Waals surface area contributed by atoms with Gasteiger partial charge in [-0.25, -0.2) is 8.42 Å². The summed E-state index contributed by atoms with van der Waals surface area (Å²) in [4.78, 5) is 14.5. The number of nitrogens with one attached hydrogen (secondary N) is 1.